The fraction of sp³-hybridized carbons (Fsp3) is 0.350. The Kier molecular flexibility index (Phi) is 6.39. The molecule has 0 unspecified atom stereocenters. The molecule has 0 bridgehead atoms. The van der Waals surface area contributed by atoms with Gasteiger partial charge in [0.15, 0.2) is 11.5 Å². The Labute approximate surface area is 169 Å². The SMILES string of the molecule is Cc1cc(CNC(=O)[C@@H](C)NS(=O)(=O)c2ccc3c(c2)OCCCO3)ccc1F. The number of halogens is 1. The van der Waals surface area contributed by atoms with Crippen molar-refractivity contribution >= 4 is 15.9 Å². The van der Waals surface area contributed by atoms with E-state index in [1.165, 1.54) is 31.2 Å². The minimum absolute atomic E-state index is 0.0180. The van der Waals surface area contributed by atoms with Gasteiger partial charge >= 0.3 is 0 Å². The Morgan fingerprint density at radius 3 is 2.59 bits per heavy atom. The lowest BCUT2D eigenvalue weighted by molar-refractivity contribution is -0.122. The van der Waals surface area contributed by atoms with Crippen molar-refractivity contribution in [3.63, 3.8) is 0 Å². The van der Waals surface area contributed by atoms with Crippen LogP contribution in [0.3, 0.4) is 0 Å². The predicted octanol–water partition coefficient (Wildman–Crippen LogP) is 2.28. The van der Waals surface area contributed by atoms with E-state index in [-0.39, 0.29) is 17.3 Å². The summed E-state index contributed by atoms with van der Waals surface area (Å²) in [6.07, 6.45) is 0.708. The van der Waals surface area contributed by atoms with Crippen LogP contribution in [-0.4, -0.2) is 33.6 Å². The van der Waals surface area contributed by atoms with Crippen LogP contribution in [0.4, 0.5) is 4.39 Å². The summed E-state index contributed by atoms with van der Waals surface area (Å²) in [6.45, 7) is 4.18. The van der Waals surface area contributed by atoms with Gasteiger partial charge in [0.05, 0.1) is 24.2 Å². The zero-order chi connectivity index (χ0) is 21.0. The van der Waals surface area contributed by atoms with Crippen molar-refractivity contribution in [3.05, 3.63) is 53.3 Å². The molecule has 0 spiro atoms. The van der Waals surface area contributed by atoms with E-state index in [2.05, 4.69) is 10.0 Å². The second-order valence-electron chi connectivity index (χ2n) is 6.80. The normalized spacial score (nSPS) is 14.7. The van der Waals surface area contributed by atoms with Crippen molar-refractivity contribution in [1.82, 2.24) is 10.0 Å². The maximum absolute atomic E-state index is 13.3. The smallest absolute Gasteiger partial charge is 0.241 e. The molecular formula is C20H23FN2O5S. The van der Waals surface area contributed by atoms with E-state index in [9.17, 15) is 17.6 Å². The lowest BCUT2D eigenvalue weighted by Crippen LogP contribution is -2.44. The highest BCUT2D eigenvalue weighted by Gasteiger charge is 2.24. The van der Waals surface area contributed by atoms with Crippen LogP contribution in [0.15, 0.2) is 41.3 Å². The lowest BCUT2D eigenvalue weighted by Gasteiger charge is -2.16. The van der Waals surface area contributed by atoms with Gasteiger partial charge in [-0.3, -0.25) is 4.79 Å². The van der Waals surface area contributed by atoms with Crippen LogP contribution in [0.2, 0.25) is 0 Å². The molecule has 0 radical (unpaired) electrons. The van der Waals surface area contributed by atoms with Gasteiger partial charge in [-0.2, -0.15) is 4.72 Å². The van der Waals surface area contributed by atoms with Crippen LogP contribution in [0.5, 0.6) is 11.5 Å². The first kappa shape index (κ1) is 21.1. The van der Waals surface area contributed by atoms with E-state index < -0.39 is 22.0 Å². The van der Waals surface area contributed by atoms with Crippen LogP contribution in [0.25, 0.3) is 0 Å². The Balaban J connectivity index is 1.63. The molecule has 2 N–H and O–H groups in total. The number of hydrogen-bond donors (Lipinski definition) is 2. The summed E-state index contributed by atoms with van der Waals surface area (Å²) in [5.41, 5.74) is 1.19. The number of hydrogen-bond acceptors (Lipinski definition) is 5. The number of sulfonamides is 1. The fourth-order valence-corrected chi connectivity index (χ4v) is 4.04. The molecule has 0 fully saturated rings. The molecule has 0 aliphatic carbocycles. The lowest BCUT2D eigenvalue weighted by atomic mass is 10.1. The van der Waals surface area contributed by atoms with E-state index in [1.54, 1.807) is 19.1 Å². The van der Waals surface area contributed by atoms with Gasteiger partial charge in [0.2, 0.25) is 15.9 Å². The molecule has 2 aromatic carbocycles. The van der Waals surface area contributed by atoms with E-state index in [0.717, 1.165) is 5.56 Å². The topological polar surface area (TPSA) is 93.7 Å². The van der Waals surface area contributed by atoms with Gasteiger partial charge in [-0.25, -0.2) is 12.8 Å². The first-order chi connectivity index (χ1) is 13.8. The van der Waals surface area contributed by atoms with E-state index >= 15 is 0 Å². The van der Waals surface area contributed by atoms with Gasteiger partial charge in [0.1, 0.15) is 5.82 Å². The number of benzene rings is 2. The van der Waals surface area contributed by atoms with Crippen molar-refractivity contribution in [2.75, 3.05) is 13.2 Å². The molecule has 1 heterocycles. The second-order valence-corrected chi connectivity index (χ2v) is 8.52. The van der Waals surface area contributed by atoms with Gasteiger partial charge in [0.25, 0.3) is 0 Å². The molecule has 3 rings (SSSR count). The van der Waals surface area contributed by atoms with Gasteiger partial charge < -0.3 is 14.8 Å². The number of amides is 1. The molecule has 1 aliphatic heterocycles. The average molecular weight is 422 g/mol. The molecule has 2 aromatic rings. The molecule has 0 saturated heterocycles. The van der Waals surface area contributed by atoms with Gasteiger partial charge in [-0.05, 0) is 43.2 Å². The standard InChI is InChI=1S/C20H23FN2O5S/c1-13-10-15(4-6-17(13)21)12-22-20(24)14(2)23-29(25,26)16-5-7-18-19(11-16)28-9-3-8-27-18/h4-7,10-11,14,23H,3,8-9,12H2,1-2H3,(H,22,24)/t14-/m1/s1. The number of ether oxygens (including phenoxy) is 2. The van der Waals surface area contributed by atoms with Gasteiger partial charge in [-0.15, -0.1) is 0 Å². The van der Waals surface area contributed by atoms with Crippen LogP contribution < -0.4 is 19.5 Å². The Morgan fingerprint density at radius 2 is 1.86 bits per heavy atom. The van der Waals surface area contributed by atoms with E-state index in [1.807, 2.05) is 0 Å². The summed E-state index contributed by atoms with van der Waals surface area (Å²) in [4.78, 5) is 12.3. The minimum Gasteiger partial charge on any atom is -0.490 e. The molecule has 0 aromatic heterocycles. The number of fused-ring (bicyclic) bond motifs is 1. The highest BCUT2D eigenvalue weighted by atomic mass is 32.2. The highest BCUT2D eigenvalue weighted by Crippen LogP contribution is 2.31. The fourth-order valence-electron chi connectivity index (χ4n) is 2.82. The maximum atomic E-state index is 13.3. The summed E-state index contributed by atoms with van der Waals surface area (Å²) in [7, 11) is -3.94. The number of nitrogens with one attached hydrogen (secondary N) is 2. The van der Waals surface area contributed by atoms with Crippen LogP contribution in [0, 0.1) is 12.7 Å². The monoisotopic (exact) mass is 422 g/mol. The number of aryl methyl sites for hydroxylation is 1. The molecular weight excluding hydrogens is 399 g/mol. The first-order valence-electron chi connectivity index (χ1n) is 9.21. The Hall–Kier alpha value is -2.65. The molecule has 7 nitrogen and oxygen atoms in total. The zero-order valence-electron chi connectivity index (χ0n) is 16.2. The van der Waals surface area contributed by atoms with Crippen molar-refractivity contribution in [3.8, 4) is 11.5 Å². The van der Waals surface area contributed by atoms with Crippen LogP contribution >= 0.6 is 0 Å². The van der Waals surface area contributed by atoms with E-state index in [0.29, 0.717) is 36.7 Å². The van der Waals surface area contributed by atoms with E-state index in [4.69, 9.17) is 9.47 Å². The van der Waals surface area contributed by atoms with Gasteiger partial charge in [-0.1, -0.05) is 12.1 Å². The van der Waals surface area contributed by atoms with Crippen LogP contribution in [0.1, 0.15) is 24.5 Å². The molecule has 1 aliphatic rings. The largest absolute Gasteiger partial charge is 0.490 e. The Bertz CT molecular complexity index is 1010. The number of carbonyl (C=O) groups excluding carboxylic acids is 1. The third kappa shape index (κ3) is 5.24. The van der Waals surface area contributed by atoms with Crippen molar-refractivity contribution < 1.29 is 27.1 Å². The summed E-state index contributed by atoms with van der Waals surface area (Å²) >= 11 is 0. The average Bonchev–Trinajstić information content (AvgIpc) is 2.93. The third-order valence-electron chi connectivity index (χ3n) is 4.44. The summed E-state index contributed by atoms with van der Waals surface area (Å²) in [6, 6.07) is 7.84. The van der Waals surface area contributed by atoms with Crippen molar-refractivity contribution in [2.24, 2.45) is 0 Å². The second kappa shape index (κ2) is 8.79. The Morgan fingerprint density at radius 1 is 1.14 bits per heavy atom. The molecule has 156 valence electrons. The van der Waals surface area contributed by atoms with Crippen molar-refractivity contribution in [1.29, 1.82) is 0 Å². The highest BCUT2D eigenvalue weighted by molar-refractivity contribution is 7.89. The molecule has 1 amide bonds. The quantitative estimate of drug-likeness (QED) is 0.745. The molecule has 9 heteroatoms. The zero-order valence-corrected chi connectivity index (χ0v) is 17.0. The predicted molar refractivity (Wildman–Crippen MR) is 105 cm³/mol. The van der Waals surface area contributed by atoms with Gasteiger partial charge in [0, 0.05) is 19.0 Å². The minimum atomic E-state index is -3.94. The maximum Gasteiger partial charge on any atom is 0.241 e. The first-order valence-corrected chi connectivity index (χ1v) is 10.7. The number of carbonyl (C=O) groups is 1. The third-order valence-corrected chi connectivity index (χ3v) is 5.98. The molecule has 0 saturated carbocycles. The molecule has 29 heavy (non-hydrogen) atoms. The summed E-state index contributed by atoms with van der Waals surface area (Å²) in [5, 5.41) is 2.64. The van der Waals surface area contributed by atoms with Crippen molar-refractivity contribution in [2.45, 2.75) is 37.8 Å². The summed E-state index contributed by atoms with van der Waals surface area (Å²) < 4.78 is 52.0. The van der Waals surface area contributed by atoms with Crippen LogP contribution in [-0.2, 0) is 21.4 Å². The molecule has 1 atom stereocenters. The summed E-state index contributed by atoms with van der Waals surface area (Å²) in [5.74, 6) is 0.0252. The number of rotatable bonds is 6.